The minimum Gasteiger partial charge on any atom is -0.374 e. The molecule has 2 aromatic rings. The first-order valence-corrected chi connectivity index (χ1v) is 7.97. The highest BCUT2D eigenvalue weighted by Crippen LogP contribution is 2.24. The Bertz CT molecular complexity index is 634. The third-order valence-corrected chi connectivity index (χ3v) is 4.54. The first-order valence-electron chi connectivity index (χ1n) is 5.35. The SMILES string of the molecule is N#CSc1ccc(NC(=O)CSc2nnc(N)s2)cc1. The Balaban J connectivity index is 1.83. The molecule has 0 saturated heterocycles. The minimum atomic E-state index is -0.135. The van der Waals surface area contributed by atoms with Crippen LogP contribution in [0.15, 0.2) is 33.5 Å². The first-order chi connectivity index (χ1) is 9.67. The molecule has 0 fully saturated rings. The summed E-state index contributed by atoms with van der Waals surface area (Å²) >= 11 is 3.61. The van der Waals surface area contributed by atoms with Crippen LogP contribution in [0.2, 0.25) is 0 Å². The van der Waals surface area contributed by atoms with Crippen molar-refractivity contribution in [2.75, 3.05) is 16.8 Å². The number of amides is 1. The van der Waals surface area contributed by atoms with Crippen LogP contribution in [-0.2, 0) is 4.79 Å². The smallest absolute Gasteiger partial charge is 0.234 e. The van der Waals surface area contributed by atoms with Crippen LogP contribution in [0.3, 0.4) is 0 Å². The van der Waals surface area contributed by atoms with E-state index in [1.807, 2.05) is 5.40 Å². The molecule has 0 radical (unpaired) electrons. The summed E-state index contributed by atoms with van der Waals surface area (Å²) in [4.78, 5) is 12.6. The van der Waals surface area contributed by atoms with E-state index in [1.165, 1.54) is 23.1 Å². The Hall–Kier alpha value is -1.76. The van der Waals surface area contributed by atoms with E-state index in [0.29, 0.717) is 15.2 Å². The standard InChI is InChI=1S/C11H9N5OS3/c12-6-19-8-3-1-7(2-4-8)14-9(17)5-18-11-16-15-10(13)20-11/h1-4H,5H2,(H2,13,15)(H,14,17). The van der Waals surface area contributed by atoms with E-state index in [-0.39, 0.29) is 11.7 Å². The highest BCUT2D eigenvalue weighted by Gasteiger charge is 2.07. The van der Waals surface area contributed by atoms with Crippen molar-refractivity contribution in [3.63, 3.8) is 0 Å². The number of benzene rings is 1. The van der Waals surface area contributed by atoms with Crippen molar-refractivity contribution in [1.29, 1.82) is 5.26 Å². The lowest BCUT2D eigenvalue weighted by molar-refractivity contribution is -0.113. The summed E-state index contributed by atoms with van der Waals surface area (Å²) in [6.45, 7) is 0. The Morgan fingerprint density at radius 1 is 1.40 bits per heavy atom. The van der Waals surface area contributed by atoms with Gasteiger partial charge in [0, 0.05) is 10.6 Å². The number of nitrogen functional groups attached to an aromatic ring is 1. The molecular formula is C11H9N5OS3. The summed E-state index contributed by atoms with van der Waals surface area (Å²) in [6.07, 6.45) is 0. The Morgan fingerprint density at radius 3 is 2.75 bits per heavy atom. The summed E-state index contributed by atoms with van der Waals surface area (Å²) in [5.41, 5.74) is 6.14. The maximum absolute atomic E-state index is 11.7. The first kappa shape index (κ1) is 14.6. The Labute approximate surface area is 127 Å². The average molecular weight is 323 g/mol. The maximum Gasteiger partial charge on any atom is 0.234 e. The molecule has 0 aliphatic rings. The van der Waals surface area contributed by atoms with Gasteiger partial charge in [0.05, 0.1) is 5.75 Å². The van der Waals surface area contributed by atoms with Gasteiger partial charge in [-0.25, -0.2) is 0 Å². The number of thiocyanates is 1. The van der Waals surface area contributed by atoms with Gasteiger partial charge in [-0.1, -0.05) is 23.1 Å². The van der Waals surface area contributed by atoms with Crippen molar-refractivity contribution in [3.05, 3.63) is 24.3 Å². The Morgan fingerprint density at radius 2 is 2.15 bits per heavy atom. The number of carbonyl (C=O) groups excluding carboxylic acids is 1. The van der Waals surface area contributed by atoms with Crippen molar-refractivity contribution in [2.24, 2.45) is 0 Å². The van der Waals surface area contributed by atoms with Gasteiger partial charge in [-0.15, -0.1) is 10.2 Å². The number of aromatic nitrogens is 2. The zero-order valence-corrected chi connectivity index (χ0v) is 12.5. The van der Waals surface area contributed by atoms with Gasteiger partial charge in [0.1, 0.15) is 5.40 Å². The largest absolute Gasteiger partial charge is 0.374 e. The molecule has 0 aliphatic carbocycles. The number of hydrogen-bond acceptors (Lipinski definition) is 8. The summed E-state index contributed by atoms with van der Waals surface area (Å²) in [7, 11) is 0. The lowest BCUT2D eigenvalue weighted by Gasteiger charge is -2.04. The van der Waals surface area contributed by atoms with Crippen LogP contribution in [0.1, 0.15) is 0 Å². The van der Waals surface area contributed by atoms with Gasteiger partial charge in [-0.05, 0) is 36.0 Å². The fourth-order valence-corrected chi connectivity index (χ4v) is 3.08. The van der Waals surface area contributed by atoms with Crippen LogP contribution in [0.4, 0.5) is 10.8 Å². The highest BCUT2D eigenvalue weighted by molar-refractivity contribution is 8.03. The molecule has 0 aliphatic heterocycles. The van der Waals surface area contributed by atoms with Gasteiger partial charge >= 0.3 is 0 Å². The third kappa shape index (κ3) is 4.41. The minimum absolute atomic E-state index is 0.135. The molecule has 1 aromatic carbocycles. The van der Waals surface area contributed by atoms with Gasteiger partial charge in [0.15, 0.2) is 4.34 Å². The number of hydrogen-bond donors (Lipinski definition) is 2. The van der Waals surface area contributed by atoms with E-state index >= 15 is 0 Å². The molecule has 1 heterocycles. The zero-order valence-electron chi connectivity index (χ0n) is 10.1. The monoisotopic (exact) mass is 323 g/mol. The zero-order chi connectivity index (χ0) is 14.4. The van der Waals surface area contributed by atoms with Crippen molar-refractivity contribution in [2.45, 2.75) is 9.24 Å². The van der Waals surface area contributed by atoms with E-state index in [0.717, 1.165) is 16.7 Å². The van der Waals surface area contributed by atoms with Crippen molar-refractivity contribution in [3.8, 4) is 5.40 Å². The second-order valence-electron chi connectivity index (χ2n) is 3.46. The van der Waals surface area contributed by atoms with Crippen LogP contribution >= 0.6 is 34.9 Å². The number of thioether (sulfide) groups is 2. The van der Waals surface area contributed by atoms with E-state index in [4.69, 9.17) is 11.0 Å². The molecule has 20 heavy (non-hydrogen) atoms. The lowest BCUT2D eigenvalue weighted by atomic mass is 10.3. The fourth-order valence-electron chi connectivity index (χ4n) is 1.26. The maximum atomic E-state index is 11.7. The Kier molecular flexibility index (Phi) is 5.23. The average Bonchev–Trinajstić information content (AvgIpc) is 2.85. The van der Waals surface area contributed by atoms with Crippen molar-refractivity contribution in [1.82, 2.24) is 10.2 Å². The lowest BCUT2D eigenvalue weighted by Crippen LogP contribution is -2.13. The second-order valence-corrected chi connectivity index (χ2v) is 6.55. The summed E-state index contributed by atoms with van der Waals surface area (Å²) in [6, 6.07) is 7.07. The van der Waals surface area contributed by atoms with E-state index in [1.54, 1.807) is 24.3 Å². The quantitative estimate of drug-likeness (QED) is 0.643. The molecule has 3 N–H and O–H groups in total. The summed E-state index contributed by atoms with van der Waals surface area (Å²) in [5.74, 6) is 0.105. The fraction of sp³-hybridized carbons (Fsp3) is 0.0909. The van der Waals surface area contributed by atoms with Crippen LogP contribution in [0.5, 0.6) is 0 Å². The molecule has 1 amide bonds. The van der Waals surface area contributed by atoms with Crippen molar-refractivity contribution < 1.29 is 4.79 Å². The molecule has 2 rings (SSSR count). The van der Waals surface area contributed by atoms with Gasteiger partial charge in [0.25, 0.3) is 0 Å². The number of nitrogens with zero attached hydrogens (tertiary/aromatic N) is 3. The molecule has 0 atom stereocenters. The van der Waals surface area contributed by atoms with Gasteiger partial charge in [-0.3, -0.25) is 4.79 Å². The molecule has 9 heteroatoms. The third-order valence-electron chi connectivity index (χ3n) is 2.05. The van der Waals surface area contributed by atoms with E-state index in [9.17, 15) is 4.79 Å². The summed E-state index contributed by atoms with van der Waals surface area (Å²) in [5, 5.41) is 21.2. The molecule has 102 valence electrons. The van der Waals surface area contributed by atoms with Crippen LogP contribution < -0.4 is 11.1 Å². The highest BCUT2D eigenvalue weighted by atomic mass is 32.2. The molecule has 6 nitrogen and oxygen atoms in total. The van der Waals surface area contributed by atoms with E-state index < -0.39 is 0 Å². The molecule has 0 saturated carbocycles. The van der Waals surface area contributed by atoms with Gasteiger partial charge in [0.2, 0.25) is 11.0 Å². The van der Waals surface area contributed by atoms with E-state index in [2.05, 4.69) is 15.5 Å². The molecule has 0 unspecified atom stereocenters. The second kappa shape index (κ2) is 7.14. The summed E-state index contributed by atoms with van der Waals surface area (Å²) < 4.78 is 0.665. The number of nitriles is 1. The predicted molar refractivity (Wildman–Crippen MR) is 81.6 cm³/mol. The number of nitrogens with two attached hydrogens (primary N) is 1. The van der Waals surface area contributed by atoms with Crippen molar-refractivity contribution >= 4 is 51.6 Å². The van der Waals surface area contributed by atoms with Crippen LogP contribution in [0.25, 0.3) is 0 Å². The predicted octanol–water partition coefficient (Wildman–Crippen LogP) is 2.42. The number of nitrogens with one attached hydrogen (secondary N) is 1. The van der Waals surface area contributed by atoms with Gasteiger partial charge in [-0.2, -0.15) is 5.26 Å². The molecular weight excluding hydrogens is 314 g/mol. The van der Waals surface area contributed by atoms with Gasteiger partial charge < -0.3 is 11.1 Å². The van der Waals surface area contributed by atoms with Crippen LogP contribution in [0, 0.1) is 10.7 Å². The number of carbonyl (C=O) groups is 1. The molecule has 0 spiro atoms. The van der Waals surface area contributed by atoms with Crippen LogP contribution in [-0.4, -0.2) is 21.9 Å². The normalized spacial score (nSPS) is 9.95. The molecule has 1 aromatic heterocycles. The topological polar surface area (TPSA) is 105 Å². The number of anilines is 2. The molecule has 0 bridgehead atoms. The number of rotatable bonds is 5.